The highest BCUT2D eigenvalue weighted by Gasteiger charge is 2.17. The van der Waals surface area contributed by atoms with E-state index in [0.717, 1.165) is 33.2 Å². The van der Waals surface area contributed by atoms with Crippen LogP contribution >= 0.6 is 11.3 Å². The number of thiophene rings is 1. The van der Waals surface area contributed by atoms with Gasteiger partial charge in [0.15, 0.2) is 5.78 Å². The summed E-state index contributed by atoms with van der Waals surface area (Å²) in [6.07, 6.45) is 1.82. The number of aryl methyl sites for hydroxylation is 2. The Hall–Kier alpha value is -1.87. The third-order valence-corrected chi connectivity index (χ3v) is 4.12. The van der Waals surface area contributed by atoms with Crippen LogP contribution < -0.4 is 0 Å². The predicted molar refractivity (Wildman–Crippen MR) is 75.5 cm³/mol. The first-order chi connectivity index (χ1) is 8.68. The van der Waals surface area contributed by atoms with E-state index in [-0.39, 0.29) is 5.78 Å². The smallest absolute Gasteiger partial charge is 0.196 e. The molecule has 0 atom stereocenters. The van der Waals surface area contributed by atoms with Gasteiger partial charge < -0.3 is 4.98 Å². The van der Waals surface area contributed by atoms with Crippen LogP contribution in [0.4, 0.5) is 0 Å². The predicted octanol–water partition coefficient (Wildman–Crippen LogP) is 4.08. The number of nitrogens with one attached hydrogen (secondary N) is 1. The minimum absolute atomic E-state index is 0.106. The molecular formula is C15H13NOS. The summed E-state index contributed by atoms with van der Waals surface area (Å²) in [4.78, 5) is 15.7. The lowest BCUT2D eigenvalue weighted by Crippen LogP contribution is -2.00. The summed E-state index contributed by atoms with van der Waals surface area (Å²) in [5.41, 5.74) is 4.78. The lowest BCUT2D eigenvalue weighted by molar-refractivity contribution is 0.104. The van der Waals surface area contributed by atoms with Crippen molar-refractivity contribution in [1.29, 1.82) is 0 Å². The fourth-order valence-corrected chi connectivity index (χ4v) is 3.11. The molecule has 1 aromatic carbocycles. The number of rotatable bonds is 2. The fraction of sp³-hybridized carbons (Fsp3) is 0.133. The highest BCUT2D eigenvalue weighted by atomic mass is 32.1. The molecule has 0 aliphatic heterocycles. The number of ketones is 1. The summed E-state index contributed by atoms with van der Waals surface area (Å²) in [5.74, 6) is 0.106. The Morgan fingerprint density at radius 3 is 2.67 bits per heavy atom. The van der Waals surface area contributed by atoms with Gasteiger partial charge in [-0.05, 0) is 36.4 Å². The minimum Gasteiger partial charge on any atom is -0.360 e. The van der Waals surface area contributed by atoms with Crippen molar-refractivity contribution < 1.29 is 4.79 Å². The highest BCUT2D eigenvalue weighted by Crippen LogP contribution is 2.26. The Morgan fingerprint density at radius 1 is 1.11 bits per heavy atom. The molecule has 3 heteroatoms. The molecule has 0 aliphatic rings. The van der Waals surface area contributed by atoms with Crippen LogP contribution in [0.2, 0.25) is 0 Å². The van der Waals surface area contributed by atoms with Gasteiger partial charge in [0.05, 0.1) is 0 Å². The molecule has 3 rings (SSSR count). The molecule has 0 saturated carbocycles. The second-order valence-corrected chi connectivity index (χ2v) is 5.24. The molecule has 0 spiro atoms. The van der Waals surface area contributed by atoms with Gasteiger partial charge in [0, 0.05) is 33.6 Å². The zero-order valence-electron chi connectivity index (χ0n) is 10.3. The van der Waals surface area contributed by atoms with E-state index in [1.807, 2.05) is 49.0 Å². The molecule has 3 aromatic rings. The average Bonchev–Trinajstić information content (AvgIpc) is 2.95. The molecule has 0 fully saturated rings. The molecule has 0 unspecified atom stereocenters. The van der Waals surface area contributed by atoms with Crippen LogP contribution in [0.5, 0.6) is 0 Å². The maximum absolute atomic E-state index is 12.5. The summed E-state index contributed by atoms with van der Waals surface area (Å²) in [7, 11) is 0. The Morgan fingerprint density at radius 2 is 1.94 bits per heavy atom. The van der Waals surface area contributed by atoms with Crippen molar-refractivity contribution in [3.63, 3.8) is 0 Å². The lowest BCUT2D eigenvalue weighted by Gasteiger charge is -2.01. The Labute approximate surface area is 109 Å². The molecule has 90 valence electrons. The molecule has 0 bridgehead atoms. The number of aromatic amines is 1. The standard InChI is InChI=1S/C15H13NOS/c1-9-4-3-5-13-14(9)11(6-16-13)15(17)12-8-18-7-10(12)2/h3-8,16H,1-2H3. The summed E-state index contributed by atoms with van der Waals surface area (Å²) < 4.78 is 0. The van der Waals surface area contributed by atoms with E-state index in [4.69, 9.17) is 0 Å². The number of H-pyrrole nitrogens is 1. The molecule has 2 nitrogen and oxygen atoms in total. The monoisotopic (exact) mass is 255 g/mol. The van der Waals surface area contributed by atoms with Gasteiger partial charge in [-0.3, -0.25) is 4.79 Å². The van der Waals surface area contributed by atoms with Gasteiger partial charge in [0.25, 0.3) is 0 Å². The van der Waals surface area contributed by atoms with Gasteiger partial charge >= 0.3 is 0 Å². The molecule has 0 radical (unpaired) electrons. The number of hydrogen-bond acceptors (Lipinski definition) is 2. The third-order valence-electron chi connectivity index (χ3n) is 3.26. The number of benzene rings is 1. The van der Waals surface area contributed by atoms with Gasteiger partial charge in [-0.25, -0.2) is 0 Å². The van der Waals surface area contributed by atoms with Crippen LogP contribution in [0.3, 0.4) is 0 Å². The SMILES string of the molecule is Cc1cscc1C(=O)c1c[nH]c2cccc(C)c12. The number of hydrogen-bond donors (Lipinski definition) is 1. The maximum Gasteiger partial charge on any atom is 0.196 e. The van der Waals surface area contributed by atoms with E-state index in [2.05, 4.69) is 4.98 Å². The van der Waals surface area contributed by atoms with E-state index in [1.54, 1.807) is 11.3 Å². The van der Waals surface area contributed by atoms with Crippen molar-refractivity contribution in [3.05, 3.63) is 57.4 Å². The second kappa shape index (κ2) is 4.10. The summed E-state index contributed by atoms with van der Waals surface area (Å²) in [6.45, 7) is 4.01. The zero-order chi connectivity index (χ0) is 12.7. The fourth-order valence-electron chi connectivity index (χ4n) is 2.28. The average molecular weight is 255 g/mol. The van der Waals surface area contributed by atoms with Crippen molar-refractivity contribution in [2.24, 2.45) is 0 Å². The number of aromatic nitrogens is 1. The first-order valence-corrected chi connectivity index (χ1v) is 6.77. The summed E-state index contributed by atoms with van der Waals surface area (Å²) in [5, 5.41) is 4.97. The van der Waals surface area contributed by atoms with Gasteiger partial charge in [-0.15, -0.1) is 0 Å². The largest absolute Gasteiger partial charge is 0.360 e. The van der Waals surface area contributed by atoms with Gasteiger partial charge in [0.2, 0.25) is 0 Å². The number of fused-ring (bicyclic) bond motifs is 1. The minimum atomic E-state index is 0.106. The maximum atomic E-state index is 12.5. The third kappa shape index (κ3) is 1.59. The molecular weight excluding hydrogens is 242 g/mol. The van der Waals surface area contributed by atoms with Crippen LogP contribution in [0, 0.1) is 13.8 Å². The van der Waals surface area contributed by atoms with Crippen LogP contribution in [0.15, 0.2) is 35.2 Å². The lowest BCUT2D eigenvalue weighted by atomic mass is 10.00. The Balaban J connectivity index is 2.22. The van der Waals surface area contributed by atoms with E-state index in [0.29, 0.717) is 0 Å². The zero-order valence-corrected chi connectivity index (χ0v) is 11.1. The van der Waals surface area contributed by atoms with E-state index in [1.165, 1.54) is 0 Å². The number of carbonyl (C=O) groups is 1. The molecule has 1 N–H and O–H groups in total. The topological polar surface area (TPSA) is 32.9 Å². The normalized spacial score (nSPS) is 11.0. The van der Waals surface area contributed by atoms with Gasteiger partial charge in [-0.1, -0.05) is 12.1 Å². The van der Waals surface area contributed by atoms with Crippen molar-refractivity contribution >= 4 is 28.0 Å². The molecule has 18 heavy (non-hydrogen) atoms. The van der Waals surface area contributed by atoms with Crippen molar-refractivity contribution in [1.82, 2.24) is 4.98 Å². The quantitative estimate of drug-likeness (QED) is 0.688. The summed E-state index contributed by atoms with van der Waals surface area (Å²) in [6, 6.07) is 6.03. The van der Waals surface area contributed by atoms with Crippen LogP contribution in [-0.2, 0) is 0 Å². The van der Waals surface area contributed by atoms with Crippen LogP contribution in [0.1, 0.15) is 27.0 Å². The summed E-state index contributed by atoms with van der Waals surface area (Å²) >= 11 is 1.57. The second-order valence-electron chi connectivity index (χ2n) is 4.50. The first-order valence-electron chi connectivity index (χ1n) is 5.82. The first kappa shape index (κ1) is 11.2. The van der Waals surface area contributed by atoms with Crippen molar-refractivity contribution in [3.8, 4) is 0 Å². The highest BCUT2D eigenvalue weighted by molar-refractivity contribution is 7.08. The van der Waals surface area contributed by atoms with E-state index >= 15 is 0 Å². The van der Waals surface area contributed by atoms with Crippen molar-refractivity contribution in [2.45, 2.75) is 13.8 Å². The number of carbonyl (C=O) groups excluding carboxylic acids is 1. The van der Waals surface area contributed by atoms with Crippen molar-refractivity contribution in [2.75, 3.05) is 0 Å². The molecule has 0 aliphatic carbocycles. The van der Waals surface area contributed by atoms with Gasteiger partial charge in [-0.2, -0.15) is 11.3 Å². The molecule has 2 aromatic heterocycles. The Bertz CT molecular complexity index is 736. The molecule has 0 amide bonds. The van der Waals surface area contributed by atoms with Gasteiger partial charge in [0.1, 0.15) is 0 Å². The molecule has 0 saturated heterocycles. The van der Waals surface area contributed by atoms with Crippen LogP contribution in [0.25, 0.3) is 10.9 Å². The van der Waals surface area contributed by atoms with Crippen LogP contribution in [-0.4, -0.2) is 10.8 Å². The van der Waals surface area contributed by atoms with E-state index < -0.39 is 0 Å². The molecule has 2 heterocycles. The Kier molecular flexibility index (Phi) is 2.56. The van der Waals surface area contributed by atoms with E-state index in [9.17, 15) is 4.79 Å².